The molecule has 2 aromatic carbocycles. The van der Waals surface area contributed by atoms with Crippen LogP contribution in [0.4, 0.5) is 0 Å². The molecule has 8 heteroatoms. The van der Waals surface area contributed by atoms with Crippen molar-refractivity contribution in [2.24, 2.45) is 0 Å². The Morgan fingerprint density at radius 2 is 1.80 bits per heavy atom. The lowest BCUT2D eigenvalue weighted by Gasteiger charge is -2.06. The van der Waals surface area contributed by atoms with E-state index in [9.17, 15) is 9.59 Å². The molecule has 0 saturated carbocycles. The van der Waals surface area contributed by atoms with Crippen LogP contribution >= 0.6 is 34.5 Å². The van der Waals surface area contributed by atoms with Gasteiger partial charge in [0.1, 0.15) is 5.75 Å². The molecule has 0 bridgehead atoms. The van der Waals surface area contributed by atoms with E-state index in [0.29, 0.717) is 31.8 Å². The third kappa shape index (κ3) is 5.21. The lowest BCUT2D eigenvalue weighted by molar-refractivity contribution is -0.120. The van der Waals surface area contributed by atoms with E-state index in [0.717, 1.165) is 10.4 Å². The van der Waals surface area contributed by atoms with Gasteiger partial charge in [0, 0.05) is 17.0 Å². The highest BCUT2D eigenvalue weighted by Crippen LogP contribution is 2.37. The van der Waals surface area contributed by atoms with Gasteiger partial charge >= 0.3 is 0 Å². The summed E-state index contributed by atoms with van der Waals surface area (Å²) in [5.41, 5.74) is 1.99. The van der Waals surface area contributed by atoms with Crippen LogP contribution in [0.25, 0.3) is 10.4 Å². The highest BCUT2D eigenvalue weighted by Gasteiger charge is 2.20. The van der Waals surface area contributed by atoms with Gasteiger partial charge in [0.25, 0.3) is 0 Å². The van der Waals surface area contributed by atoms with Crippen LogP contribution in [0, 0.1) is 0 Å². The summed E-state index contributed by atoms with van der Waals surface area (Å²) < 4.78 is 5.14. The van der Waals surface area contributed by atoms with Gasteiger partial charge in [-0.2, -0.15) is 0 Å². The zero-order chi connectivity index (χ0) is 21.7. The first kappa shape index (κ1) is 22.3. The number of hydrogen-bond donors (Lipinski definition) is 2. The second-order valence-corrected chi connectivity index (χ2v) is 8.27. The van der Waals surface area contributed by atoms with Crippen LogP contribution in [0.3, 0.4) is 0 Å². The third-order valence-corrected chi connectivity index (χ3v) is 6.32. The lowest BCUT2D eigenvalue weighted by atomic mass is 10.0. The van der Waals surface area contributed by atoms with Gasteiger partial charge < -0.3 is 15.2 Å². The highest BCUT2D eigenvalue weighted by molar-refractivity contribution is 7.17. The normalized spacial score (nSPS) is 10.7. The summed E-state index contributed by atoms with van der Waals surface area (Å²) in [6.07, 6.45) is 0.0714. The van der Waals surface area contributed by atoms with E-state index in [-0.39, 0.29) is 31.3 Å². The van der Waals surface area contributed by atoms with Gasteiger partial charge in [-0.15, -0.1) is 11.3 Å². The van der Waals surface area contributed by atoms with Gasteiger partial charge in [-0.1, -0.05) is 29.3 Å². The van der Waals surface area contributed by atoms with E-state index in [4.69, 9.17) is 33.0 Å². The van der Waals surface area contributed by atoms with E-state index in [1.807, 2.05) is 0 Å². The second kappa shape index (κ2) is 10.1. The van der Waals surface area contributed by atoms with Gasteiger partial charge in [-0.3, -0.25) is 9.59 Å². The predicted octanol–water partition coefficient (Wildman–Crippen LogP) is 4.61. The summed E-state index contributed by atoms with van der Waals surface area (Å²) in [6.45, 7) is 0.0267. The zero-order valence-corrected chi connectivity index (χ0v) is 18.4. The molecule has 156 valence electrons. The van der Waals surface area contributed by atoms with Gasteiger partial charge in [0.05, 0.1) is 35.1 Å². The predicted molar refractivity (Wildman–Crippen MR) is 120 cm³/mol. The van der Waals surface area contributed by atoms with Crippen LogP contribution in [-0.2, 0) is 11.2 Å². The van der Waals surface area contributed by atoms with E-state index in [2.05, 4.69) is 5.32 Å². The maximum Gasteiger partial charge on any atom is 0.224 e. The molecular formula is C22H19Cl2NO4S. The van der Waals surface area contributed by atoms with Crippen molar-refractivity contribution in [3.05, 3.63) is 74.6 Å². The average molecular weight is 464 g/mol. The Labute approximate surface area is 188 Å². The van der Waals surface area contributed by atoms with Crippen molar-refractivity contribution in [1.82, 2.24) is 5.32 Å². The zero-order valence-electron chi connectivity index (χ0n) is 16.1. The number of aliphatic hydroxyl groups is 1. The molecule has 0 unspecified atom stereocenters. The molecule has 0 aliphatic rings. The van der Waals surface area contributed by atoms with Crippen molar-refractivity contribution in [3.63, 3.8) is 0 Å². The Bertz CT molecular complexity index is 1060. The number of thiophene rings is 1. The molecule has 3 rings (SSSR count). The van der Waals surface area contributed by atoms with E-state index in [1.165, 1.54) is 11.3 Å². The molecule has 1 heterocycles. The first-order valence-corrected chi connectivity index (χ1v) is 10.6. The molecule has 0 spiro atoms. The van der Waals surface area contributed by atoms with Crippen molar-refractivity contribution in [3.8, 4) is 16.2 Å². The summed E-state index contributed by atoms with van der Waals surface area (Å²) in [5.74, 6) is 0.271. The number of benzene rings is 2. The SMILES string of the molecule is COc1ccc(C(=O)c2cc(CC(=O)NCCO)c(-c3ccc(Cl)c(Cl)c3)s2)cc1. The monoisotopic (exact) mass is 463 g/mol. The number of aliphatic hydroxyl groups excluding tert-OH is 1. The number of carbonyl (C=O) groups excluding carboxylic acids is 2. The summed E-state index contributed by atoms with van der Waals surface area (Å²) in [4.78, 5) is 26.5. The molecule has 0 saturated heterocycles. The minimum absolute atomic E-state index is 0.0714. The molecule has 1 amide bonds. The van der Waals surface area contributed by atoms with Crippen molar-refractivity contribution in [2.45, 2.75) is 6.42 Å². The summed E-state index contributed by atoms with van der Waals surface area (Å²) in [7, 11) is 1.56. The van der Waals surface area contributed by atoms with Crippen LogP contribution in [0.1, 0.15) is 20.8 Å². The van der Waals surface area contributed by atoms with Crippen molar-refractivity contribution in [1.29, 1.82) is 0 Å². The number of amides is 1. The smallest absolute Gasteiger partial charge is 0.224 e. The number of ketones is 1. The van der Waals surface area contributed by atoms with Gasteiger partial charge in [-0.05, 0) is 53.6 Å². The maximum absolute atomic E-state index is 13.0. The molecule has 0 atom stereocenters. The lowest BCUT2D eigenvalue weighted by Crippen LogP contribution is -2.27. The van der Waals surface area contributed by atoms with Crippen molar-refractivity contribution in [2.75, 3.05) is 20.3 Å². The van der Waals surface area contributed by atoms with Gasteiger partial charge in [0.2, 0.25) is 11.7 Å². The molecule has 2 N–H and O–H groups in total. The molecule has 5 nitrogen and oxygen atoms in total. The Balaban J connectivity index is 1.98. The van der Waals surface area contributed by atoms with Gasteiger partial charge in [-0.25, -0.2) is 0 Å². The fourth-order valence-electron chi connectivity index (χ4n) is 2.87. The minimum Gasteiger partial charge on any atom is -0.497 e. The van der Waals surface area contributed by atoms with E-state index in [1.54, 1.807) is 55.6 Å². The molecule has 0 aliphatic heterocycles. The van der Waals surface area contributed by atoms with E-state index < -0.39 is 0 Å². The number of hydrogen-bond acceptors (Lipinski definition) is 5. The second-order valence-electron chi connectivity index (χ2n) is 6.40. The standard InChI is InChI=1S/C22H19Cl2NO4S/c1-29-16-5-2-13(3-6-16)21(28)19-11-15(12-20(27)25-8-9-26)22(30-19)14-4-7-17(23)18(24)10-14/h2-7,10-11,26H,8-9,12H2,1H3,(H,25,27). The topological polar surface area (TPSA) is 75.6 Å². The number of methoxy groups -OCH3 is 1. The first-order valence-electron chi connectivity index (χ1n) is 9.07. The molecule has 30 heavy (non-hydrogen) atoms. The summed E-state index contributed by atoms with van der Waals surface area (Å²) >= 11 is 13.5. The third-order valence-electron chi connectivity index (χ3n) is 4.35. The molecular weight excluding hydrogens is 445 g/mol. The maximum atomic E-state index is 13.0. The van der Waals surface area contributed by atoms with Crippen LogP contribution in [0.15, 0.2) is 48.5 Å². The first-order chi connectivity index (χ1) is 14.4. The fourth-order valence-corrected chi connectivity index (χ4v) is 4.31. The van der Waals surface area contributed by atoms with Crippen molar-refractivity contribution < 1.29 is 19.4 Å². The number of nitrogens with one attached hydrogen (secondary N) is 1. The highest BCUT2D eigenvalue weighted by atomic mass is 35.5. The Kier molecular flexibility index (Phi) is 7.50. The van der Waals surface area contributed by atoms with Crippen LogP contribution in [-0.4, -0.2) is 37.1 Å². The quantitative estimate of drug-likeness (QED) is 0.478. The molecule has 1 aromatic heterocycles. The Morgan fingerprint density at radius 3 is 2.43 bits per heavy atom. The number of ether oxygens (including phenoxy) is 1. The summed E-state index contributed by atoms with van der Waals surface area (Å²) in [5, 5.41) is 12.4. The Hall–Kier alpha value is -2.38. The average Bonchev–Trinajstić information content (AvgIpc) is 3.17. The molecule has 0 fully saturated rings. The van der Waals surface area contributed by atoms with Crippen LogP contribution < -0.4 is 10.1 Å². The summed E-state index contributed by atoms with van der Waals surface area (Å²) in [6, 6.07) is 13.8. The van der Waals surface area contributed by atoms with E-state index >= 15 is 0 Å². The van der Waals surface area contributed by atoms with Gasteiger partial charge in [0.15, 0.2) is 0 Å². The minimum atomic E-state index is -0.244. The largest absolute Gasteiger partial charge is 0.497 e. The van der Waals surface area contributed by atoms with Crippen LogP contribution in [0.5, 0.6) is 5.75 Å². The van der Waals surface area contributed by atoms with Crippen molar-refractivity contribution >= 4 is 46.2 Å². The van der Waals surface area contributed by atoms with Crippen LogP contribution in [0.2, 0.25) is 10.0 Å². The fraction of sp³-hybridized carbons (Fsp3) is 0.182. The Morgan fingerprint density at radius 1 is 1.07 bits per heavy atom. The number of halogens is 2. The molecule has 3 aromatic rings. The number of rotatable bonds is 8. The number of carbonyl (C=O) groups is 2. The molecule has 0 radical (unpaired) electrons. The molecule has 0 aliphatic carbocycles.